The summed E-state index contributed by atoms with van der Waals surface area (Å²) in [5, 5.41) is 23.9. The molecule has 0 spiro atoms. The first-order valence-corrected chi connectivity index (χ1v) is 7.23. The Bertz CT molecular complexity index is 1080. The molecule has 0 aromatic carbocycles. The van der Waals surface area contributed by atoms with E-state index in [1.807, 2.05) is 16.7 Å². The summed E-state index contributed by atoms with van der Waals surface area (Å²) in [7, 11) is 0. The van der Waals surface area contributed by atoms with Gasteiger partial charge in [-0.2, -0.15) is 0 Å². The minimum atomic E-state index is -0.0779. The maximum atomic E-state index is 9.45. The first-order valence-electron chi connectivity index (χ1n) is 7.23. The number of imidazole rings is 2. The van der Waals surface area contributed by atoms with Crippen molar-refractivity contribution >= 4 is 23.0 Å². The number of amidine groups is 2. The van der Waals surface area contributed by atoms with Crippen LogP contribution in [-0.4, -0.2) is 35.5 Å². The fraction of sp³-hybridized carbons (Fsp3) is 0. The van der Waals surface area contributed by atoms with Crippen LogP contribution in [0.4, 0.5) is 0 Å². The van der Waals surface area contributed by atoms with E-state index >= 15 is 0 Å². The highest BCUT2D eigenvalue weighted by molar-refractivity contribution is 5.95. The van der Waals surface area contributed by atoms with Crippen molar-refractivity contribution in [2.45, 2.75) is 0 Å². The number of aromatic hydroxyl groups is 1. The second-order valence-corrected chi connectivity index (χ2v) is 5.21. The molecule has 0 unspecified atom stereocenters. The molecular weight excluding hydrogens is 320 g/mol. The number of hydrogen-bond acceptors (Lipinski definition) is 5. The lowest BCUT2D eigenvalue weighted by Crippen LogP contribution is -2.11. The normalized spacial score (nSPS) is 10.4. The molecule has 4 heterocycles. The average Bonchev–Trinajstić information content (AvgIpc) is 3.23. The van der Waals surface area contributed by atoms with Crippen LogP contribution in [0, 0.1) is 10.8 Å². The van der Waals surface area contributed by atoms with Crippen molar-refractivity contribution in [1.29, 1.82) is 10.8 Å². The number of aromatic nitrogens is 4. The molecule has 9 nitrogen and oxygen atoms in total. The van der Waals surface area contributed by atoms with Gasteiger partial charge in [0.1, 0.15) is 17.3 Å². The molecule has 0 radical (unpaired) electrons. The van der Waals surface area contributed by atoms with Gasteiger partial charge in [-0.1, -0.05) is 0 Å². The summed E-state index contributed by atoms with van der Waals surface area (Å²) in [5.41, 5.74) is 13.1. The van der Waals surface area contributed by atoms with E-state index in [0.717, 1.165) is 5.65 Å². The van der Waals surface area contributed by atoms with Gasteiger partial charge in [0.15, 0.2) is 11.4 Å². The van der Waals surface area contributed by atoms with Crippen LogP contribution in [0.15, 0.2) is 55.4 Å². The average molecular weight is 336 g/mol. The number of pyridine rings is 2. The molecule has 0 aliphatic heterocycles. The van der Waals surface area contributed by atoms with Gasteiger partial charge in [0, 0.05) is 48.3 Å². The van der Waals surface area contributed by atoms with Crippen molar-refractivity contribution in [2.24, 2.45) is 11.5 Å². The smallest absolute Gasteiger partial charge is 0.179 e. The molecule has 0 fully saturated rings. The molecule has 25 heavy (non-hydrogen) atoms. The van der Waals surface area contributed by atoms with Crippen LogP contribution < -0.4 is 11.5 Å². The van der Waals surface area contributed by atoms with Crippen molar-refractivity contribution in [3.63, 3.8) is 0 Å². The lowest BCUT2D eigenvalue weighted by molar-refractivity contribution is 0.477. The SMILES string of the molecule is N=C(N)c1cc(O)c2nccn2c1.N=C(N)c1ccc2nccn2c1. The predicted octanol–water partition coefficient (Wildman–Crippen LogP) is 0.942. The van der Waals surface area contributed by atoms with E-state index in [1.54, 1.807) is 41.5 Å². The maximum Gasteiger partial charge on any atom is 0.179 e. The molecule has 4 rings (SSSR count). The fourth-order valence-electron chi connectivity index (χ4n) is 2.24. The summed E-state index contributed by atoms with van der Waals surface area (Å²) in [4.78, 5) is 7.99. The topological polar surface area (TPSA) is 155 Å². The number of nitrogen functional groups attached to an aromatic ring is 2. The lowest BCUT2D eigenvalue weighted by atomic mass is 10.2. The van der Waals surface area contributed by atoms with Crippen LogP contribution >= 0.6 is 0 Å². The summed E-state index contributed by atoms with van der Waals surface area (Å²) in [5.74, 6) is 0.0224. The van der Waals surface area contributed by atoms with Crippen LogP contribution in [0.1, 0.15) is 11.1 Å². The van der Waals surface area contributed by atoms with E-state index in [1.165, 1.54) is 6.07 Å². The number of rotatable bonds is 2. The second-order valence-electron chi connectivity index (χ2n) is 5.21. The highest BCUT2D eigenvalue weighted by atomic mass is 16.3. The molecule has 126 valence electrons. The molecule has 0 aliphatic rings. The van der Waals surface area contributed by atoms with E-state index in [9.17, 15) is 5.11 Å². The fourth-order valence-corrected chi connectivity index (χ4v) is 2.24. The molecular formula is C16H16N8O. The Morgan fingerprint density at radius 3 is 2.28 bits per heavy atom. The number of fused-ring (bicyclic) bond motifs is 2. The third-order valence-corrected chi connectivity index (χ3v) is 3.48. The standard InChI is InChI=1S/C8H8N4O.C8H8N4/c9-7(10)5-3-6(13)8-11-1-2-12(8)4-5;9-8(10)6-1-2-7-11-3-4-12(7)5-6/h1-4,13H,(H3,9,10);1-5H,(H3,9,10). The Morgan fingerprint density at radius 1 is 0.920 bits per heavy atom. The summed E-state index contributed by atoms with van der Waals surface area (Å²) in [6, 6.07) is 5.03. The number of nitrogens with two attached hydrogens (primary N) is 2. The monoisotopic (exact) mass is 336 g/mol. The summed E-state index contributed by atoms with van der Waals surface area (Å²) >= 11 is 0. The summed E-state index contributed by atoms with van der Waals surface area (Å²) in [6.07, 6.45) is 10.2. The quantitative estimate of drug-likeness (QED) is 0.272. The molecule has 0 bridgehead atoms. The van der Waals surface area contributed by atoms with Gasteiger partial charge in [0.25, 0.3) is 0 Å². The molecule has 0 saturated heterocycles. The highest BCUT2D eigenvalue weighted by Gasteiger charge is 2.05. The van der Waals surface area contributed by atoms with Crippen molar-refractivity contribution in [1.82, 2.24) is 18.8 Å². The van der Waals surface area contributed by atoms with E-state index in [4.69, 9.17) is 22.3 Å². The van der Waals surface area contributed by atoms with E-state index in [2.05, 4.69) is 9.97 Å². The number of nitrogens with zero attached hydrogens (tertiary/aromatic N) is 4. The second kappa shape index (κ2) is 6.32. The number of nitrogens with one attached hydrogen (secondary N) is 2. The largest absolute Gasteiger partial charge is 0.504 e. The van der Waals surface area contributed by atoms with Crippen molar-refractivity contribution in [2.75, 3.05) is 0 Å². The lowest BCUT2D eigenvalue weighted by Gasteiger charge is -2.01. The summed E-state index contributed by atoms with van der Waals surface area (Å²) in [6.45, 7) is 0. The molecule has 9 heteroatoms. The predicted molar refractivity (Wildman–Crippen MR) is 94.1 cm³/mol. The van der Waals surface area contributed by atoms with Crippen LogP contribution in [0.5, 0.6) is 5.75 Å². The minimum Gasteiger partial charge on any atom is -0.504 e. The molecule has 7 N–H and O–H groups in total. The highest BCUT2D eigenvalue weighted by Crippen LogP contribution is 2.17. The Morgan fingerprint density at radius 2 is 1.56 bits per heavy atom. The molecule has 4 aromatic rings. The third-order valence-electron chi connectivity index (χ3n) is 3.48. The van der Waals surface area contributed by atoms with Crippen LogP contribution in [-0.2, 0) is 0 Å². The van der Waals surface area contributed by atoms with Gasteiger partial charge in [-0.15, -0.1) is 0 Å². The summed E-state index contributed by atoms with van der Waals surface area (Å²) < 4.78 is 3.45. The molecule has 4 aromatic heterocycles. The zero-order chi connectivity index (χ0) is 18.0. The van der Waals surface area contributed by atoms with Crippen LogP contribution in [0.2, 0.25) is 0 Å². The van der Waals surface area contributed by atoms with Crippen molar-refractivity contribution in [3.05, 3.63) is 66.5 Å². The third kappa shape index (κ3) is 3.24. The van der Waals surface area contributed by atoms with E-state index < -0.39 is 0 Å². The van der Waals surface area contributed by atoms with Crippen LogP contribution in [0.3, 0.4) is 0 Å². The van der Waals surface area contributed by atoms with Gasteiger partial charge in [-0.3, -0.25) is 10.8 Å². The minimum absolute atomic E-state index is 0.0256. The van der Waals surface area contributed by atoms with Gasteiger partial charge in [0.2, 0.25) is 0 Å². The van der Waals surface area contributed by atoms with E-state index in [-0.39, 0.29) is 17.4 Å². The number of hydrogen-bond donors (Lipinski definition) is 5. The Hall–Kier alpha value is -3.88. The Labute approximate surface area is 142 Å². The first kappa shape index (κ1) is 16.0. The Kier molecular flexibility index (Phi) is 4.04. The molecule has 0 aliphatic carbocycles. The zero-order valence-corrected chi connectivity index (χ0v) is 13.1. The molecule has 0 amide bonds. The molecule has 0 saturated carbocycles. The van der Waals surface area contributed by atoms with Gasteiger partial charge < -0.3 is 25.4 Å². The van der Waals surface area contributed by atoms with Gasteiger partial charge in [0.05, 0.1) is 0 Å². The zero-order valence-electron chi connectivity index (χ0n) is 13.1. The van der Waals surface area contributed by atoms with Gasteiger partial charge in [-0.25, -0.2) is 9.97 Å². The van der Waals surface area contributed by atoms with Crippen molar-refractivity contribution in [3.8, 4) is 5.75 Å². The first-order chi connectivity index (χ1) is 12.0. The van der Waals surface area contributed by atoms with E-state index in [0.29, 0.717) is 16.8 Å². The molecule has 0 atom stereocenters. The van der Waals surface area contributed by atoms with Gasteiger partial charge in [-0.05, 0) is 18.2 Å². The van der Waals surface area contributed by atoms with Crippen molar-refractivity contribution < 1.29 is 5.11 Å². The van der Waals surface area contributed by atoms with Gasteiger partial charge >= 0.3 is 0 Å². The van der Waals surface area contributed by atoms with Crippen LogP contribution in [0.25, 0.3) is 11.3 Å². The maximum absolute atomic E-state index is 9.45. The Balaban J connectivity index is 0.000000146.